The molecule has 4 aromatic rings. The van der Waals surface area contributed by atoms with Crippen molar-refractivity contribution in [3.8, 4) is 11.1 Å². The molecular weight excluding hydrogens is 469 g/mol. The van der Waals surface area contributed by atoms with Crippen molar-refractivity contribution in [1.82, 2.24) is 0 Å². The van der Waals surface area contributed by atoms with Gasteiger partial charge in [0.2, 0.25) is 0 Å². The van der Waals surface area contributed by atoms with Crippen molar-refractivity contribution < 1.29 is 0 Å². The van der Waals surface area contributed by atoms with Crippen LogP contribution in [0.15, 0.2) is 48.5 Å². The molecule has 0 amide bonds. The van der Waals surface area contributed by atoms with E-state index in [-0.39, 0.29) is 0 Å². The topological polar surface area (TPSA) is 0 Å². The molecule has 0 aliphatic carbocycles. The van der Waals surface area contributed by atoms with Gasteiger partial charge in [-0.15, -0.1) is 0 Å². The van der Waals surface area contributed by atoms with Crippen molar-refractivity contribution in [3.05, 3.63) is 59.7 Å². The Labute approximate surface area is 187 Å². The molecule has 28 heavy (non-hydrogen) atoms. The van der Waals surface area contributed by atoms with Gasteiger partial charge in [-0.3, -0.25) is 0 Å². The van der Waals surface area contributed by atoms with Gasteiger partial charge in [0.05, 0.1) is 10.2 Å². The summed E-state index contributed by atoms with van der Waals surface area (Å²) in [5.74, 6) is 0. The minimum atomic E-state index is 0.793. The molecule has 4 rings (SSSR count). The second kappa shape index (κ2) is 7.88. The van der Waals surface area contributed by atoms with Crippen LogP contribution in [0, 0.1) is 0 Å². The molecule has 0 fully saturated rings. The Morgan fingerprint density at radius 1 is 0.750 bits per heavy atom. The monoisotopic (exact) mass is 482 g/mol. The number of hydrogen-bond donors (Lipinski definition) is 0. The van der Waals surface area contributed by atoms with Crippen LogP contribution in [0.25, 0.3) is 32.7 Å². The summed E-state index contributed by atoms with van der Waals surface area (Å²) >= 11 is 3.73. The standard InChI is InChI=1S/C23H15BrSi4/c1-2-12-7-20(27)18-9-14(25)3-5-16(18)22(12)23-13(11-24)8-21(28)19-10-15(26)4-6-17(19)23/h3-10H,2,11H2,1H3/q+3. The summed E-state index contributed by atoms with van der Waals surface area (Å²) in [7, 11) is 15.1. The summed E-state index contributed by atoms with van der Waals surface area (Å²) in [6, 6.07) is 17.5. The third kappa shape index (κ3) is 3.33. The largest absolute Gasteiger partial charge is 0.755 e. The second-order valence-electron chi connectivity index (χ2n) is 6.92. The summed E-state index contributed by atoms with van der Waals surface area (Å²) < 4.78 is 0. The fraction of sp³-hybridized carbons (Fsp3) is 0.130. The first kappa shape index (κ1) is 20.0. The molecule has 0 aromatic heterocycles. The van der Waals surface area contributed by atoms with Gasteiger partial charge in [-0.05, 0) is 75.2 Å². The van der Waals surface area contributed by atoms with Crippen LogP contribution in [0.4, 0.5) is 0 Å². The van der Waals surface area contributed by atoms with Crippen LogP contribution in [-0.2, 0) is 11.8 Å². The van der Waals surface area contributed by atoms with Crippen molar-refractivity contribution in [1.29, 1.82) is 0 Å². The van der Waals surface area contributed by atoms with Crippen LogP contribution in [0.1, 0.15) is 18.1 Å². The maximum atomic E-state index is 3.85. The lowest BCUT2D eigenvalue weighted by Crippen LogP contribution is -2.14. The number of alkyl halides is 1. The Hall–Kier alpha value is -1.25. The smallest absolute Gasteiger partial charge is 0.0876 e. The third-order valence-electron chi connectivity index (χ3n) is 5.21. The highest BCUT2D eigenvalue weighted by atomic mass is 79.9. The molecule has 4 aromatic carbocycles. The van der Waals surface area contributed by atoms with Crippen LogP contribution in [-0.4, -0.2) is 41.0 Å². The van der Waals surface area contributed by atoms with Gasteiger partial charge < -0.3 is 0 Å². The van der Waals surface area contributed by atoms with Gasteiger partial charge in [-0.2, -0.15) is 0 Å². The first-order valence-corrected chi connectivity index (χ1v) is 12.2. The van der Waals surface area contributed by atoms with Crippen LogP contribution in [0.5, 0.6) is 0 Å². The fourth-order valence-electron chi connectivity index (χ4n) is 3.94. The van der Waals surface area contributed by atoms with E-state index in [1.165, 1.54) is 43.8 Å². The third-order valence-corrected chi connectivity index (χ3v) is 7.27. The molecule has 127 valence electrons. The van der Waals surface area contributed by atoms with E-state index in [1.807, 2.05) is 0 Å². The molecule has 0 spiro atoms. The summed E-state index contributed by atoms with van der Waals surface area (Å²) in [4.78, 5) is 0. The number of benzene rings is 4. The van der Waals surface area contributed by atoms with Gasteiger partial charge in [-0.1, -0.05) is 46.2 Å². The normalized spacial score (nSPS) is 11.4. The number of hydrogen-bond acceptors (Lipinski definition) is 0. The van der Waals surface area contributed by atoms with Crippen LogP contribution < -0.4 is 20.7 Å². The van der Waals surface area contributed by atoms with E-state index in [9.17, 15) is 0 Å². The van der Waals surface area contributed by atoms with E-state index in [0.717, 1.165) is 32.5 Å². The van der Waals surface area contributed by atoms with E-state index in [1.54, 1.807) is 0 Å². The van der Waals surface area contributed by atoms with E-state index in [2.05, 4.69) is 112 Å². The van der Waals surface area contributed by atoms with Crippen molar-refractivity contribution in [2.45, 2.75) is 18.7 Å². The zero-order valence-electron chi connectivity index (χ0n) is 15.4. The molecule has 0 nitrogen and oxygen atoms in total. The molecule has 0 unspecified atom stereocenters. The van der Waals surface area contributed by atoms with E-state index >= 15 is 0 Å². The Bertz CT molecular complexity index is 1130. The Kier molecular flexibility index (Phi) is 5.64. The molecule has 0 saturated carbocycles. The second-order valence-corrected chi connectivity index (χ2v) is 9.72. The van der Waals surface area contributed by atoms with Crippen molar-refractivity contribution in [2.75, 3.05) is 0 Å². The molecule has 0 bridgehead atoms. The van der Waals surface area contributed by atoms with Crippen LogP contribution in [0.2, 0.25) is 0 Å². The minimum Gasteiger partial charge on any atom is -0.0876 e. The highest BCUT2D eigenvalue weighted by Gasteiger charge is 2.23. The minimum absolute atomic E-state index is 0.793. The first-order valence-electron chi connectivity index (χ1n) is 9.06. The van der Waals surface area contributed by atoms with Crippen LogP contribution in [0.3, 0.4) is 0 Å². The lowest BCUT2D eigenvalue weighted by molar-refractivity contribution is 1.15. The van der Waals surface area contributed by atoms with Crippen molar-refractivity contribution in [3.63, 3.8) is 0 Å². The van der Waals surface area contributed by atoms with Crippen LogP contribution >= 0.6 is 15.9 Å². The maximum absolute atomic E-state index is 3.85. The highest BCUT2D eigenvalue weighted by molar-refractivity contribution is 9.08. The molecular formula is C23H15BrSi4+3. The van der Waals surface area contributed by atoms with Crippen molar-refractivity contribution in [2.24, 2.45) is 0 Å². The predicted octanol–water partition coefficient (Wildman–Crippen LogP) is 2.29. The SMILES string of the molecule is CCc1cc([Si])c2cc([Si+])ccc2c1-c1c(CBr)cc([Si+])c2cc([Si+])ccc12. The van der Waals surface area contributed by atoms with Gasteiger partial charge in [0.1, 0.15) is 0 Å². The average molecular weight is 484 g/mol. The molecule has 0 aliphatic heterocycles. The van der Waals surface area contributed by atoms with Gasteiger partial charge in [-0.25, -0.2) is 0 Å². The van der Waals surface area contributed by atoms with Gasteiger partial charge in [0.15, 0.2) is 15.6 Å². The first-order chi connectivity index (χ1) is 13.4. The Morgan fingerprint density at radius 3 is 1.93 bits per heavy atom. The number of aryl methyl sites for hydroxylation is 1. The zero-order valence-corrected chi connectivity index (χ0v) is 21.0. The Morgan fingerprint density at radius 2 is 1.32 bits per heavy atom. The number of fused-ring (bicyclic) bond motifs is 2. The summed E-state index contributed by atoms with van der Waals surface area (Å²) in [5.41, 5.74) is 5.24. The lowest BCUT2D eigenvalue weighted by atomic mass is 9.86. The maximum Gasteiger partial charge on any atom is 0.755 e. The van der Waals surface area contributed by atoms with Crippen molar-refractivity contribution >= 4 is 99.2 Å². The Balaban J connectivity index is 2.24. The number of rotatable bonds is 3. The van der Waals surface area contributed by atoms with Gasteiger partial charge in [0.25, 0.3) is 0 Å². The molecule has 0 N–H and O–H groups in total. The summed E-state index contributed by atoms with van der Waals surface area (Å²) in [6.07, 6.45) is 0.966. The molecule has 0 aliphatic rings. The zero-order chi connectivity index (χ0) is 20.0. The molecule has 0 heterocycles. The molecule has 5 heteroatoms. The molecule has 0 saturated heterocycles. The fourth-order valence-corrected chi connectivity index (χ4v) is 5.60. The number of halogens is 1. The van der Waals surface area contributed by atoms with E-state index < -0.39 is 0 Å². The molecule has 9 radical (unpaired) electrons. The summed E-state index contributed by atoms with van der Waals surface area (Å²) in [6.45, 7) is 2.22. The predicted molar refractivity (Wildman–Crippen MR) is 130 cm³/mol. The van der Waals surface area contributed by atoms with Gasteiger partial charge in [0, 0.05) is 10.7 Å². The quantitative estimate of drug-likeness (QED) is 0.310. The lowest BCUT2D eigenvalue weighted by Gasteiger charge is -2.19. The summed E-state index contributed by atoms with van der Waals surface area (Å²) in [5, 5.41) is 10.1. The average Bonchev–Trinajstić information content (AvgIpc) is 2.69. The highest BCUT2D eigenvalue weighted by Crippen LogP contribution is 2.38. The van der Waals surface area contributed by atoms with E-state index in [0.29, 0.717) is 0 Å². The van der Waals surface area contributed by atoms with Gasteiger partial charge >= 0.3 is 30.7 Å². The van der Waals surface area contributed by atoms with E-state index in [4.69, 9.17) is 0 Å². The molecule has 0 atom stereocenters.